The monoisotopic (exact) mass is 271 g/mol. The summed E-state index contributed by atoms with van der Waals surface area (Å²) in [5.74, 6) is -0.0832. The van der Waals surface area contributed by atoms with E-state index in [0.717, 1.165) is 0 Å². The van der Waals surface area contributed by atoms with Gasteiger partial charge in [0.2, 0.25) is 6.29 Å². The maximum Gasteiger partial charge on any atom is 0.311 e. The van der Waals surface area contributed by atoms with Crippen molar-refractivity contribution in [1.29, 1.82) is 0 Å². The van der Waals surface area contributed by atoms with Crippen LogP contribution in [0.4, 0.5) is 5.69 Å². The van der Waals surface area contributed by atoms with Crippen LogP contribution in [0.2, 0.25) is 0 Å². The quantitative estimate of drug-likeness (QED) is 0.496. The zero-order chi connectivity index (χ0) is 14.0. The van der Waals surface area contributed by atoms with Gasteiger partial charge in [-0.1, -0.05) is 12.1 Å². The zero-order valence-electron chi connectivity index (χ0n) is 9.75. The van der Waals surface area contributed by atoms with Crippen LogP contribution in [0, 0.1) is 10.1 Å². The highest BCUT2D eigenvalue weighted by atomic mass is 16.7. The third-order valence-electron chi connectivity index (χ3n) is 2.76. The molecule has 1 heterocycles. The predicted octanol–water partition coefficient (Wildman–Crippen LogP) is -0.587. The summed E-state index contributed by atoms with van der Waals surface area (Å²) in [7, 11) is 0. The van der Waals surface area contributed by atoms with Crippen LogP contribution < -0.4 is 4.74 Å². The molecule has 0 aromatic heterocycles. The largest absolute Gasteiger partial charge is 0.455 e. The molecule has 1 aromatic rings. The number of aliphatic hydroxyl groups excluding tert-OH is 3. The van der Waals surface area contributed by atoms with Crippen LogP contribution in [0.1, 0.15) is 0 Å². The van der Waals surface area contributed by atoms with E-state index in [9.17, 15) is 25.4 Å². The number of nitrogens with zero attached hydrogens (tertiary/aromatic N) is 1. The number of hydrogen-bond donors (Lipinski definition) is 3. The first-order chi connectivity index (χ1) is 9.00. The number of benzene rings is 1. The molecule has 1 aromatic carbocycles. The Hall–Kier alpha value is -1.74. The summed E-state index contributed by atoms with van der Waals surface area (Å²) < 4.78 is 10.2. The van der Waals surface area contributed by atoms with Crippen LogP contribution in [-0.2, 0) is 4.74 Å². The van der Waals surface area contributed by atoms with Crippen molar-refractivity contribution in [2.24, 2.45) is 0 Å². The molecular formula is C11H13NO7. The maximum atomic E-state index is 10.8. The SMILES string of the molecule is O=[N+]([O-])c1ccccc1O[C@@H]1OC[C@@H](O)[C@H](O)C1O. The highest BCUT2D eigenvalue weighted by Crippen LogP contribution is 2.29. The second-order valence-electron chi connectivity index (χ2n) is 4.09. The highest BCUT2D eigenvalue weighted by molar-refractivity contribution is 5.45. The second kappa shape index (κ2) is 5.49. The normalized spacial score (nSPS) is 30.9. The van der Waals surface area contributed by atoms with Crippen molar-refractivity contribution < 1.29 is 29.7 Å². The Bertz CT molecular complexity index is 466. The summed E-state index contributed by atoms with van der Waals surface area (Å²) in [5.41, 5.74) is -0.279. The molecule has 3 N–H and O–H groups in total. The second-order valence-corrected chi connectivity index (χ2v) is 4.09. The third kappa shape index (κ3) is 2.82. The molecule has 0 amide bonds. The molecule has 104 valence electrons. The predicted molar refractivity (Wildman–Crippen MR) is 61.5 cm³/mol. The number of ether oxygens (including phenoxy) is 2. The lowest BCUT2D eigenvalue weighted by Crippen LogP contribution is -2.54. The molecule has 1 fully saturated rings. The van der Waals surface area contributed by atoms with Gasteiger partial charge in [-0.05, 0) is 6.07 Å². The molecule has 0 bridgehead atoms. The van der Waals surface area contributed by atoms with Crippen molar-refractivity contribution in [3.63, 3.8) is 0 Å². The van der Waals surface area contributed by atoms with Crippen LogP contribution in [-0.4, -0.2) is 51.5 Å². The van der Waals surface area contributed by atoms with Crippen LogP contribution >= 0.6 is 0 Å². The molecule has 1 aliphatic heterocycles. The summed E-state index contributed by atoms with van der Waals surface area (Å²) in [6.45, 7) is -0.233. The lowest BCUT2D eigenvalue weighted by molar-refractivity contribution is -0.386. The van der Waals surface area contributed by atoms with Gasteiger partial charge in [-0.2, -0.15) is 0 Å². The fraction of sp³-hybridized carbons (Fsp3) is 0.455. The van der Waals surface area contributed by atoms with Crippen molar-refractivity contribution in [3.8, 4) is 5.75 Å². The van der Waals surface area contributed by atoms with Crippen LogP contribution in [0.3, 0.4) is 0 Å². The fourth-order valence-electron chi connectivity index (χ4n) is 1.72. The van der Waals surface area contributed by atoms with E-state index in [1.807, 2.05) is 0 Å². The molecule has 1 unspecified atom stereocenters. The van der Waals surface area contributed by atoms with Crippen molar-refractivity contribution >= 4 is 5.69 Å². The average molecular weight is 271 g/mol. The molecule has 2 rings (SSSR count). The summed E-state index contributed by atoms with van der Waals surface area (Å²) in [6, 6.07) is 5.60. The van der Waals surface area contributed by atoms with Crippen molar-refractivity contribution in [1.82, 2.24) is 0 Å². The van der Waals surface area contributed by atoms with Gasteiger partial charge >= 0.3 is 5.69 Å². The molecular weight excluding hydrogens is 258 g/mol. The Kier molecular flexibility index (Phi) is 3.96. The first-order valence-corrected chi connectivity index (χ1v) is 5.56. The van der Waals surface area contributed by atoms with Gasteiger partial charge in [-0.15, -0.1) is 0 Å². The molecule has 0 radical (unpaired) electrons. The number of aliphatic hydroxyl groups is 3. The minimum Gasteiger partial charge on any atom is -0.455 e. The molecule has 0 saturated carbocycles. The van der Waals surface area contributed by atoms with E-state index in [4.69, 9.17) is 9.47 Å². The fourth-order valence-corrected chi connectivity index (χ4v) is 1.72. The first-order valence-electron chi connectivity index (χ1n) is 5.56. The summed E-state index contributed by atoms with van der Waals surface area (Å²) in [4.78, 5) is 10.2. The van der Waals surface area contributed by atoms with E-state index >= 15 is 0 Å². The van der Waals surface area contributed by atoms with E-state index in [1.54, 1.807) is 0 Å². The number of nitro groups is 1. The molecule has 19 heavy (non-hydrogen) atoms. The van der Waals surface area contributed by atoms with Crippen LogP contribution in [0.5, 0.6) is 5.75 Å². The topological polar surface area (TPSA) is 122 Å². The van der Waals surface area contributed by atoms with Gasteiger partial charge in [-0.3, -0.25) is 10.1 Å². The number of para-hydroxylation sites is 2. The Morgan fingerprint density at radius 1 is 1.26 bits per heavy atom. The number of rotatable bonds is 3. The Morgan fingerprint density at radius 2 is 1.95 bits per heavy atom. The molecule has 0 spiro atoms. The molecule has 0 aliphatic carbocycles. The van der Waals surface area contributed by atoms with E-state index in [0.29, 0.717) is 0 Å². The maximum absolute atomic E-state index is 10.8. The van der Waals surface area contributed by atoms with Gasteiger partial charge in [0, 0.05) is 6.07 Å². The Balaban J connectivity index is 2.15. The van der Waals surface area contributed by atoms with Crippen LogP contribution in [0.15, 0.2) is 24.3 Å². The standard InChI is InChI=1S/C11H13NO7/c13-7-5-18-11(10(15)9(7)14)19-8-4-2-1-3-6(8)12(16)17/h1-4,7,9-11,13-15H,5H2/t7-,9+,10?,11+/m1/s1. The minimum absolute atomic E-state index is 0.0832. The third-order valence-corrected chi connectivity index (χ3v) is 2.76. The van der Waals surface area contributed by atoms with E-state index in [1.165, 1.54) is 24.3 Å². The van der Waals surface area contributed by atoms with Gasteiger partial charge in [0.25, 0.3) is 0 Å². The zero-order valence-corrected chi connectivity index (χ0v) is 9.75. The van der Waals surface area contributed by atoms with Crippen LogP contribution in [0.25, 0.3) is 0 Å². The van der Waals surface area contributed by atoms with E-state index in [2.05, 4.69) is 0 Å². The summed E-state index contributed by atoms with van der Waals surface area (Å²) in [5, 5.41) is 39.2. The molecule has 8 nitrogen and oxygen atoms in total. The lowest BCUT2D eigenvalue weighted by atomic mass is 10.1. The van der Waals surface area contributed by atoms with Crippen molar-refractivity contribution in [2.45, 2.75) is 24.6 Å². The van der Waals surface area contributed by atoms with Gasteiger partial charge in [0.1, 0.15) is 18.3 Å². The Morgan fingerprint density at radius 3 is 2.63 bits per heavy atom. The molecule has 4 atom stereocenters. The molecule has 8 heteroatoms. The van der Waals surface area contributed by atoms with E-state index < -0.39 is 29.5 Å². The first kappa shape index (κ1) is 13.7. The summed E-state index contributed by atoms with van der Waals surface area (Å²) in [6.07, 6.45) is -5.43. The van der Waals surface area contributed by atoms with Gasteiger partial charge in [-0.25, -0.2) is 0 Å². The van der Waals surface area contributed by atoms with Gasteiger partial charge in [0.05, 0.1) is 11.5 Å². The Labute approximate surface area is 108 Å². The van der Waals surface area contributed by atoms with Crippen molar-refractivity contribution in [2.75, 3.05) is 6.61 Å². The number of hydrogen-bond acceptors (Lipinski definition) is 7. The average Bonchev–Trinajstić information content (AvgIpc) is 2.40. The van der Waals surface area contributed by atoms with E-state index in [-0.39, 0.29) is 18.0 Å². The smallest absolute Gasteiger partial charge is 0.311 e. The lowest BCUT2D eigenvalue weighted by Gasteiger charge is -2.34. The van der Waals surface area contributed by atoms with Gasteiger partial charge in [0.15, 0.2) is 5.75 Å². The van der Waals surface area contributed by atoms with Crippen molar-refractivity contribution in [3.05, 3.63) is 34.4 Å². The minimum atomic E-state index is -1.50. The van der Waals surface area contributed by atoms with Gasteiger partial charge < -0.3 is 24.8 Å². The highest BCUT2D eigenvalue weighted by Gasteiger charge is 2.39. The number of nitro benzene ring substituents is 1. The molecule has 1 saturated heterocycles. The summed E-state index contributed by atoms with van der Waals surface area (Å²) >= 11 is 0. The molecule has 1 aliphatic rings.